The molecular formula is C21H15F3N6O3. The van der Waals surface area contributed by atoms with Gasteiger partial charge < -0.3 is 14.7 Å². The summed E-state index contributed by atoms with van der Waals surface area (Å²) >= 11 is 0. The van der Waals surface area contributed by atoms with Crippen LogP contribution in [0, 0.1) is 0 Å². The molecule has 0 aliphatic carbocycles. The Labute approximate surface area is 184 Å². The Morgan fingerprint density at radius 2 is 1.82 bits per heavy atom. The van der Waals surface area contributed by atoms with Crippen molar-refractivity contribution < 1.29 is 27.8 Å². The Morgan fingerprint density at radius 3 is 2.58 bits per heavy atom. The SMILES string of the molecule is O=C1CN(c2cncc(C(F)(F)F)c2)C(O)N1c1ccc(Oc2cnc3[nH]ncc3c2)cc1. The number of aromatic nitrogens is 4. The lowest BCUT2D eigenvalue weighted by atomic mass is 10.2. The first-order chi connectivity index (χ1) is 15.8. The Kier molecular flexibility index (Phi) is 4.86. The van der Waals surface area contributed by atoms with Gasteiger partial charge in [0.25, 0.3) is 0 Å². The summed E-state index contributed by atoms with van der Waals surface area (Å²) in [4.78, 5) is 22.6. The number of H-pyrrole nitrogens is 1. The van der Waals surface area contributed by atoms with Crippen molar-refractivity contribution in [2.45, 2.75) is 12.5 Å². The van der Waals surface area contributed by atoms with Crippen molar-refractivity contribution in [3.63, 3.8) is 0 Å². The van der Waals surface area contributed by atoms with Crippen LogP contribution in [0.4, 0.5) is 24.5 Å². The van der Waals surface area contributed by atoms with E-state index in [-0.39, 0.29) is 12.2 Å². The third kappa shape index (κ3) is 3.91. The lowest BCUT2D eigenvalue weighted by molar-refractivity contribution is -0.137. The zero-order valence-corrected chi connectivity index (χ0v) is 16.7. The van der Waals surface area contributed by atoms with Crippen LogP contribution in [0.5, 0.6) is 11.5 Å². The van der Waals surface area contributed by atoms with Crippen LogP contribution in [0.15, 0.2) is 61.2 Å². The number of aliphatic hydroxyl groups excluding tert-OH is 1. The topological polar surface area (TPSA) is 107 Å². The molecule has 1 fully saturated rings. The van der Waals surface area contributed by atoms with Gasteiger partial charge >= 0.3 is 6.18 Å². The van der Waals surface area contributed by atoms with Crippen LogP contribution < -0.4 is 14.5 Å². The van der Waals surface area contributed by atoms with E-state index in [2.05, 4.69) is 20.2 Å². The number of benzene rings is 1. The van der Waals surface area contributed by atoms with Gasteiger partial charge in [0.1, 0.15) is 18.0 Å². The Bertz CT molecular complexity index is 1320. The summed E-state index contributed by atoms with van der Waals surface area (Å²) in [6.45, 7) is -0.307. The van der Waals surface area contributed by atoms with Crippen molar-refractivity contribution in [1.29, 1.82) is 0 Å². The summed E-state index contributed by atoms with van der Waals surface area (Å²) in [5.74, 6) is 0.462. The first-order valence-electron chi connectivity index (χ1n) is 9.66. The number of nitrogens with one attached hydrogen (secondary N) is 1. The van der Waals surface area contributed by atoms with E-state index in [1.807, 2.05) is 0 Å². The maximum Gasteiger partial charge on any atom is 0.417 e. The van der Waals surface area contributed by atoms with Gasteiger partial charge in [0.2, 0.25) is 12.3 Å². The summed E-state index contributed by atoms with van der Waals surface area (Å²) in [6.07, 6.45) is -1.10. The fraction of sp³-hybridized carbons (Fsp3) is 0.143. The van der Waals surface area contributed by atoms with Crippen LogP contribution in [-0.2, 0) is 11.0 Å². The minimum atomic E-state index is -4.59. The van der Waals surface area contributed by atoms with Gasteiger partial charge in [0.15, 0.2) is 5.65 Å². The van der Waals surface area contributed by atoms with E-state index >= 15 is 0 Å². The predicted molar refractivity (Wildman–Crippen MR) is 110 cm³/mol. The van der Waals surface area contributed by atoms with Gasteiger partial charge in [-0.15, -0.1) is 0 Å². The van der Waals surface area contributed by atoms with Crippen LogP contribution in [0.3, 0.4) is 0 Å². The second-order valence-corrected chi connectivity index (χ2v) is 7.24. The summed E-state index contributed by atoms with van der Waals surface area (Å²) in [6, 6.07) is 8.93. The number of alkyl halides is 3. The number of halogens is 3. The summed E-state index contributed by atoms with van der Waals surface area (Å²) in [7, 11) is 0. The molecule has 2 N–H and O–H groups in total. The molecule has 1 unspecified atom stereocenters. The molecule has 9 nitrogen and oxygen atoms in total. The molecule has 1 atom stereocenters. The van der Waals surface area contributed by atoms with E-state index in [1.165, 1.54) is 6.20 Å². The van der Waals surface area contributed by atoms with Crippen molar-refractivity contribution in [2.24, 2.45) is 0 Å². The van der Waals surface area contributed by atoms with E-state index < -0.39 is 24.0 Å². The van der Waals surface area contributed by atoms with Crippen LogP contribution in [0.1, 0.15) is 5.56 Å². The summed E-state index contributed by atoms with van der Waals surface area (Å²) in [5, 5.41) is 18.1. The molecule has 0 bridgehead atoms. The van der Waals surface area contributed by atoms with E-state index in [1.54, 1.807) is 36.5 Å². The van der Waals surface area contributed by atoms with Crippen molar-refractivity contribution in [3.8, 4) is 11.5 Å². The summed E-state index contributed by atoms with van der Waals surface area (Å²) in [5.41, 5.74) is -0.0107. The first-order valence-corrected chi connectivity index (χ1v) is 9.66. The number of hydrogen-bond acceptors (Lipinski definition) is 7. The minimum Gasteiger partial charge on any atom is -0.456 e. The third-order valence-corrected chi connectivity index (χ3v) is 5.08. The molecule has 4 aromatic rings. The first kappa shape index (κ1) is 20.7. The number of rotatable bonds is 4. The molecule has 0 spiro atoms. The van der Waals surface area contributed by atoms with Crippen LogP contribution in [-0.4, -0.2) is 44.1 Å². The average molecular weight is 456 g/mol. The number of amides is 1. The van der Waals surface area contributed by atoms with Gasteiger partial charge in [-0.2, -0.15) is 18.3 Å². The largest absolute Gasteiger partial charge is 0.456 e. The molecule has 1 aromatic carbocycles. The van der Waals surface area contributed by atoms with Crippen molar-refractivity contribution in [1.82, 2.24) is 20.2 Å². The number of aromatic amines is 1. The lowest BCUT2D eigenvalue weighted by Crippen LogP contribution is -2.39. The molecule has 1 aliphatic rings. The molecule has 1 amide bonds. The zero-order chi connectivity index (χ0) is 23.2. The van der Waals surface area contributed by atoms with Crippen LogP contribution >= 0.6 is 0 Å². The monoisotopic (exact) mass is 456 g/mol. The highest BCUT2D eigenvalue weighted by atomic mass is 19.4. The number of hydrogen-bond donors (Lipinski definition) is 2. The second kappa shape index (κ2) is 7.74. The quantitative estimate of drug-likeness (QED) is 0.485. The van der Waals surface area contributed by atoms with Gasteiger partial charge in [-0.25, -0.2) is 4.98 Å². The number of nitrogens with zero attached hydrogens (tertiary/aromatic N) is 5. The number of ether oxygens (including phenoxy) is 1. The fourth-order valence-corrected chi connectivity index (χ4v) is 3.50. The van der Waals surface area contributed by atoms with Crippen LogP contribution in [0.2, 0.25) is 0 Å². The molecule has 3 aromatic heterocycles. The molecule has 5 rings (SSSR count). The number of pyridine rings is 2. The maximum absolute atomic E-state index is 13.0. The highest BCUT2D eigenvalue weighted by Gasteiger charge is 2.39. The molecule has 1 aliphatic heterocycles. The van der Waals surface area contributed by atoms with E-state index in [9.17, 15) is 23.1 Å². The van der Waals surface area contributed by atoms with Crippen LogP contribution in [0.25, 0.3) is 11.0 Å². The highest BCUT2D eigenvalue weighted by molar-refractivity contribution is 6.00. The molecule has 0 radical (unpaired) electrons. The second-order valence-electron chi connectivity index (χ2n) is 7.24. The molecule has 168 valence electrons. The molecular weight excluding hydrogens is 441 g/mol. The highest BCUT2D eigenvalue weighted by Crippen LogP contribution is 2.34. The number of anilines is 2. The predicted octanol–water partition coefficient (Wildman–Crippen LogP) is 3.29. The molecule has 12 heteroatoms. The Morgan fingerprint density at radius 1 is 1.03 bits per heavy atom. The normalized spacial score (nSPS) is 16.6. The average Bonchev–Trinajstić information content (AvgIpc) is 3.37. The Hall–Kier alpha value is -4.19. The standard InChI is InChI=1S/C21H15F3N6O3/c22-21(23,24)13-6-15(9-25-8-13)29-11-18(31)30(20(29)32)14-1-3-16(4-2-14)33-17-5-12-7-27-28-19(12)26-10-17/h1-10,20,32H,11H2,(H,26,27,28). The molecule has 4 heterocycles. The third-order valence-electron chi connectivity index (χ3n) is 5.08. The number of carbonyl (C=O) groups is 1. The minimum absolute atomic E-state index is 0.0183. The molecule has 1 saturated heterocycles. The van der Waals surface area contributed by atoms with E-state index in [4.69, 9.17) is 4.74 Å². The zero-order valence-electron chi connectivity index (χ0n) is 16.7. The number of fused-ring (bicyclic) bond motifs is 1. The van der Waals surface area contributed by atoms with E-state index in [0.29, 0.717) is 29.0 Å². The van der Waals surface area contributed by atoms with Gasteiger partial charge in [0, 0.05) is 17.3 Å². The van der Waals surface area contributed by atoms with Crippen molar-refractivity contribution in [3.05, 3.63) is 66.7 Å². The molecule has 0 saturated carbocycles. The van der Waals surface area contributed by atoms with Gasteiger partial charge in [-0.05, 0) is 36.4 Å². The fourth-order valence-electron chi connectivity index (χ4n) is 3.50. The van der Waals surface area contributed by atoms with E-state index in [0.717, 1.165) is 27.4 Å². The number of aliphatic hydroxyl groups is 1. The molecule has 33 heavy (non-hydrogen) atoms. The van der Waals surface area contributed by atoms with Crippen molar-refractivity contribution in [2.75, 3.05) is 16.3 Å². The van der Waals surface area contributed by atoms with Crippen molar-refractivity contribution >= 4 is 28.3 Å². The van der Waals surface area contributed by atoms with Gasteiger partial charge in [-0.1, -0.05) is 0 Å². The Balaban J connectivity index is 1.34. The summed E-state index contributed by atoms with van der Waals surface area (Å²) < 4.78 is 44.8. The van der Waals surface area contributed by atoms with Gasteiger partial charge in [-0.3, -0.25) is 19.8 Å². The smallest absolute Gasteiger partial charge is 0.417 e. The van der Waals surface area contributed by atoms with Gasteiger partial charge in [0.05, 0.1) is 29.8 Å². The lowest BCUT2D eigenvalue weighted by Gasteiger charge is -2.26. The number of carbonyl (C=O) groups excluding carboxylic acids is 1. The maximum atomic E-state index is 13.0.